The van der Waals surface area contributed by atoms with Gasteiger partial charge >= 0.3 is 0 Å². The molecule has 2 rings (SSSR count). The van der Waals surface area contributed by atoms with Gasteiger partial charge in [-0.1, -0.05) is 43.8 Å². The van der Waals surface area contributed by atoms with Crippen molar-refractivity contribution in [1.29, 1.82) is 0 Å². The molecule has 74 valence electrons. The van der Waals surface area contributed by atoms with E-state index in [1.54, 1.807) is 0 Å². The fourth-order valence-corrected chi connectivity index (χ4v) is 2.08. The highest BCUT2D eigenvalue weighted by atomic mass is 14.9. The molecular formula is C13H17N. The zero-order chi connectivity index (χ0) is 9.97. The van der Waals surface area contributed by atoms with Crippen LogP contribution < -0.4 is 5.32 Å². The minimum Gasteiger partial charge on any atom is -0.382 e. The summed E-state index contributed by atoms with van der Waals surface area (Å²) in [5.41, 5.74) is 2.55. The van der Waals surface area contributed by atoms with E-state index in [9.17, 15) is 0 Å². The first-order valence-electron chi connectivity index (χ1n) is 5.26. The van der Waals surface area contributed by atoms with Crippen molar-refractivity contribution in [3.05, 3.63) is 48.2 Å². The Kier molecular flexibility index (Phi) is 2.58. The lowest BCUT2D eigenvalue weighted by molar-refractivity contribution is 0.343. The SMILES string of the molecule is C=C1CCC(C)C(c2ccccc2)N1. The Hall–Kier alpha value is -1.24. The van der Waals surface area contributed by atoms with Crippen molar-refractivity contribution in [2.24, 2.45) is 5.92 Å². The van der Waals surface area contributed by atoms with E-state index in [0.717, 1.165) is 6.42 Å². The van der Waals surface area contributed by atoms with Gasteiger partial charge in [0.05, 0.1) is 6.04 Å². The lowest BCUT2D eigenvalue weighted by Gasteiger charge is -2.32. The van der Waals surface area contributed by atoms with Gasteiger partial charge < -0.3 is 5.32 Å². The van der Waals surface area contributed by atoms with Crippen LogP contribution in [0.4, 0.5) is 0 Å². The molecule has 1 nitrogen and oxygen atoms in total. The third-order valence-corrected chi connectivity index (χ3v) is 2.99. The van der Waals surface area contributed by atoms with E-state index in [0.29, 0.717) is 12.0 Å². The summed E-state index contributed by atoms with van der Waals surface area (Å²) in [5.74, 6) is 0.697. The van der Waals surface area contributed by atoms with E-state index in [2.05, 4.69) is 49.2 Å². The van der Waals surface area contributed by atoms with Crippen LogP contribution in [-0.2, 0) is 0 Å². The van der Waals surface area contributed by atoms with Gasteiger partial charge in [0.15, 0.2) is 0 Å². The molecule has 2 atom stereocenters. The van der Waals surface area contributed by atoms with Gasteiger partial charge in [-0.2, -0.15) is 0 Å². The molecule has 1 saturated heterocycles. The van der Waals surface area contributed by atoms with Crippen molar-refractivity contribution in [2.45, 2.75) is 25.8 Å². The molecule has 14 heavy (non-hydrogen) atoms. The van der Waals surface area contributed by atoms with Gasteiger partial charge in [-0.05, 0) is 24.3 Å². The lowest BCUT2D eigenvalue weighted by Crippen LogP contribution is -2.30. The molecule has 0 saturated carbocycles. The highest BCUT2D eigenvalue weighted by Gasteiger charge is 2.23. The molecule has 1 aromatic rings. The largest absolute Gasteiger partial charge is 0.382 e. The van der Waals surface area contributed by atoms with E-state index < -0.39 is 0 Å². The van der Waals surface area contributed by atoms with Crippen LogP contribution in [0, 0.1) is 5.92 Å². The number of nitrogens with one attached hydrogen (secondary N) is 1. The summed E-state index contributed by atoms with van der Waals surface area (Å²) in [4.78, 5) is 0. The Morgan fingerprint density at radius 1 is 1.29 bits per heavy atom. The normalized spacial score (nSPS) is 27.1. The molecule has 2 unspecified atom stereocenters. The predicted molar refractivity (Wildman–Crippen MR) is 59.9 cm³/mol. The number of allylic oxidation sites excluding steroid dienone is 1. The Labute approximate surface area is 85.8 Å². The summed E-state index contributed by atoms with van der Waals surface area (Å²) in [5, 5.41) is 3.49. The van der Waals surface area contributed by atoms with Crippen molar-refractivity contribution >= 4 is 0 Å². The van der Waals surface area contributed by atoms with E-state index in [1.165, 1.54) is 17.7 Å². The molecule has 1 heterocycles. The third kappa shape index (κ3) is 1.82. The van der Waals surface area contributed by atoms with E-state index in [1.807, 2.05) is 0 Å². The van der Waals surface area contributed by atoms with Crippen molar-refractivity contribution in [2.75, 3.05) is 0 Å². The maximum absolute atomic E-state index is 4.01. The lowest BCUT2D eigenvalue weighted by atomic mass is 9.87. The molecular weight excluding hydrogens is 170 g/mol. The second-order valence-corrected chi connectivity index (χ2v) is 4.15. The second kappa shape index (κ2) is 3.87. The Morgan fingerprint density at radius 2 is 2.00 bits per heavy atom. The van der Waals surface area contributed by atoms with Crippen molar-refractivity contribution in [3.8, 4) is 0 Å². The summed E-state index contributed by atoms with van der Waals surface area (Å²) < 4.78 is 0. The number of piperidine rings is 1. The first-order valence-corrected chi connectivity index (χ1v) is 5.26. The zero-order valence-corrected chi connectivity index (χ0v) is 8.66. The van der Waals surface area contributed by atoms with E-state index in [4.69, 9.17) is 0 Å². The minimum absolute atomic E-state index is 0.456. The van der Waals surface area contributed by atoms with Gasteiger partial charge in [-0.15, -0.1) is 0 Å². The monoisotopic (exact) mass is 187 g/mol. The maximum Gasteiger partial charge on any atom is 0.0536 e. The molecule has 0 bridgehead atoms. The van der Waals surface area contributed by atoms with Crippen LogP contribution in [0.5, 0.6) is 0 Å². The quantitative estimate of drug-likeness (QED) is 0.711. The summed E-state index contributed by atoms with van der Waals surface area (Å²) in [7, 11) is 0. The Bertz CT molecular complexity index is 315. The molecule has 1 fully saturated rings. The number of hydrogen-bond donors (Lipinski definition) is 1. The molecule has 1 aromatic carbocycles. The summed E-state index contributed by atoms with van der Waals surface area (Å²) in [6, 6.07) is 11.1. The fraction of sp³-hybridized carbons (Fsp3) is 0.385. The molecule has 0 aliphatic carbocycles. The first-order chi connectivity index (χ1) is 6.77. The smallest absolute Gasteiger partial charge is 0.0536 e. The van der Waals surface area contributed by atoms with Crippen LogP contribution in [0.1, 0.15) is 31.4 Å². The average molecular weight is 187 g/mol. The number of hydrogen-bond acceptors (Lipinski definition) is 1. The fourth-order valence-electron chi connectivity index (χ4n) is 2.08. The second-order valence-electron chi connectivity index (χ2n) is 4.15. The molecule has 1 aliphatic rings. The standard InChI is InChI=1S/C13H17N/c1-10-8-9-11(2)14-13(10)12-6-4-3-5-7-12/h3-7,10,13-14H,2,8-9H2,1H3. The zero-order valence-electron chi connectivity index (χ0n) is 8.66. The minimum atomic E-state index is 0.456. The highest BCUT2D eigenvalue weighted by Crippen LogP contribution is 2.31. The van der Waals surface area contributed by atoms with Crippen LogP contribution in [0.3, 0.4) is 0 Å². The Morgan fingerprint density at radius 3 is 2.71 bits per heavy atom. The van der Waals surface area contributed by atoms with Crippen LogP contribution in [0.15, 0.2) is 42.6 Å². The molecule has 0 spiro atoms. The van der Waals surface area contributed by atoms with Crippen molar-refractivity contribution in [3.63, 3.8) is 0 Å². The van der Waals surface area contributed by atoms with E-state index >= 15 is 0 Å². The van der Waals surface area contributed by atoms with Gasteiger partial charge in [0, 0.05) is 5.70 Å². The van der Waals surface area contributed by atoms with Crippen LogP contribution in [-0.4, -0.2) is 0 Å². The van der Waals surface area contributed by atoms with Crippen LogP contribution >= 0.6 is 0 Å². The maximum atomic E-state index is 4.01. The summed E-state index contributed by atoms with van der Waals surface area (Å²) in [6.07, 6.45) is 2.36. The van der Waals surface area contributed by atoms with Gasteiger partial charge in [-0.25, -0.2) is 0 Å². The predicted octanol–water partition coefficient (Wildman–Crippen LogP) is 3.26. The van der Waals surface area contributed by atoms with Gasteiger partial charge in [0.1, 0.15) is 0 Å². The van der Waals surface area contributed by atoms with Crippen LogP contribution in [0.25, 0.3) is 0 Å². The van der Waals surface area contributed by atoms with Gasteiger partial charge in [0.25, 0.3) is 0 Å². The molecule has 0 radical (unpaired) electrons. The average Bonchev–Trinajstić information content (AvgIpc) is 2.23. The molecule has 1 heteroatoms. The van der Waals surface area contributed by atoms with Gasteiger partial charge in [0.2, 0.25) is 0 Å². The first kappa shape index (κ1) is 9.32. The molecule has 0 amide bonds. The van der Waals surface area contributed by atoms with E-state index in [-0.39, 0.29) is 0 Å². The summed E-state index contributed by atoms with van der Waals surface area (Å²) in [6.45, 7) is 6.32. The third-order valence-electron chi connectivity index (χ3n) is 2.99. The van der Waals surface area contributed by atoms with Gasteiger partial charge in [-0.3, -0.25) is 0 Å². The molecule has 0 aromatic heterocycles. The Balaban J connectivity index is 2.20. The molecule has 1 N–H and O–H groups in total. The molecule has 1 aliphatic heterocycles. The van der Waals surface area contributed by atoms with Crippen molar-refractivity contribution < 1.29 is 0 Å². The summed E-state index contributed by atoms with van der Waals surface area (Å²) >= 11 is 0. The van der Waals surface area contributed by atoms with Crippen LogP contribution in [0.2, 0.25) is 0 Å². The van der Waals surface area contributed by atoms with Crippen molar-refractivity contribution in [1.82, 2.24) is 5.32 Å². The highest BCUT2D eigenvalue weighted by molar-refractivity contribution is 5.22. The number of benzene rings is 1. The number of rotatable bonds is 1. The topological polar surface area (TPSA) is 12.0 Å².